The van der Waals surface area contributed by atoms with Crippen LogP contribution in [0.15, 0.2) is 133 Å². The summed E-state index contributed by atoms with van der Waals surface area (Å²) in [6.07, 6.45) is 0. The van der Waals surface area contributed by atoms with Gasteiger partial charge in [-0.2, -0.15) is 10.5 Å². The lowest BCUT2D eigenvalue weighted by atomic mass is 9.82. The highest BCUT2D eigenvalue weighted by molar-refractivity contribution is 7.25. The lowest BCUT2D eigenvalue weighted by molar-refractivity contribution is 0.661. The Labute approximate surface area is 303 Å². The molecule has 242 valence electrons. The molecular formula is C47H28N4S. The van der Waals surface area contributed by atoms with Gasteiger partial charge in [0.2, 0.25) is 0 Å². The summed E-state index contributed by atoms with van der Waals surface area (Å²) in [6.45, 7) is 4.63. The lowest BCUT2D eigenvalue weighted by Gasteiger charge is -2.21. The molecule has 11 rings (SSSR count). The molecule has 0 fully saturated rings. The zero-order valence-electron chi connectivity index (χ0n) is 28.4. The number of thiophene rings is 1. The fourth-order valence-corrected chi connectivity index (χ4v) is 10.1. The second-order valence-electron chi connectivity index (χ2n) is 14.4. The number of para-hydroxylation sites is 1. The van der Waals surface area contributed by atoms with Crippen LogP contribution in [0.25, 0.3) is 86.3 Å². The van der Waals surface area contributed by atoms with E-state index in [9.17, 15) is 10.5 Å². The van der Waals surface area contributed by atoms with Crippen LogP contribution in [-0.2, 0) is 5.41 Å². The topological polar surface area (TPSA) is 57.4 Å². The predicted octanol–water partition coefficient (Wildman–Crippen LogP) is 12.3. The van der Waals surface area contributed by atoms with Crippen LogP contribution in [0.2, 0.25) is 0 Å². The fraction of sp³-hybridized carbons (Fsp3) is 0.0638. The Morgan fingerprint density at radius 1 is 0.500 bits per heavy atom. The maximum absolute atomic E-state index is 9.98. The maximum Gasteiger partial charge on any atom is 0.0991 e. The lowest BCUT2D eigenvalue weighted by Crippen LogP contribution is -2.14. The van der Waals surface area contributed by atoms with Crippen molar-refractivity contribution < 1.29 is 0 Å². The van der Waals surface area contributed by atoms with Gasteiger partial charge in [-0.3, -0.25) is 0 Å². The summed E-state index contributed by atoms with van der Waals surface area (Å²) in [5, 5.41) is 26.6. The van der Waals surface area contributed by atoms with Crippen molar-refractivity contribution in [2.75, 3.05) is 0 Å². The van der Waals surface area contributed by atoms with E-state index < -0.39 is 0 Å². The van der Waals surface area contributed by atoms with Gasteiger partial charge < -0.3 is 9.13 Å². The van der Waals surface area contributed by atoms with Gasteiger partial charge in [-0.1, -0.05) is 62.4 Å². The van der Waals surface area contributed by atoms with E-state index in [1.807, 2.05) is 29.5 Å². The Morgan fingerprint density at radius 3 is 1.79 bits per heavy atom. The molecule has 0 saturated carbocycles. The van der Waals surface area contributed by atoms with Crippen molar-refractivity contribution >= 4 is 75.1 Å². The van der Waals surface area contributed by atoms with Crippen LogP contribution in [-0.4, -0.2) is 9.13 Å². The van der Waals surface area contributed by atoms with Crippen LogP contribution >= 0.6 is 11.3 Å². The van der Waals surface area contributed by atoms with Crippen LogP contribution in [0.5, 0.6) is 0 Å². The smallest absolute Gasteiger partial charge is 0.0991 e. The molecule has 0 amide bonds. The van der Waals surface area contributed by atoms with Crippen molar-refractivity contribution in [1.82, 2.24) is 9.13 Å². The second-order valence-corrected chi connectivity index (χ2v) is 15.5. The van der Waals surface area contributed by atoms with E-state index in [0.717, 1.165) is 49.6 Å². The molecule has 0 atom stereocenters. The molecule has 0 spiro atoms. The van der Waals surface area contributed by atoms with E-state index in [2.05, 4.69) is 150 Å². The Morgan fingerprint density at radius 2 is 1.08 bits per heavy atom. The molecule has 52 heavy (non-hydrogen) atoms. The van der Waals surface area contributed by atoms with Gasteiger partial charge in [0.1, 0.15) is 0 Å². The highest BCUT2D eigenvalue weighted by Crippen LogP contribution is 2.53. The molecule has 3 aromatic heterocycles. The molecule has 0 unspecified atom stereocenters. The van der Waals surface area contributed by atoms with E-state index in [1.54, 1.807) is 0 Å². The molecule has 0 N–H and O–H groups in total. The Kier molecular flexibility index (Phi) is 5.71. The molecule has 4 nitrogen and oxygen atoms in total. The van der Waals surface area contributed by atoms with Crippen molar-refractivity contribution in [3.05, 3.63) is 156 Å². The molecule has 0 bridgehead atoms. The number of hydrogen-bond acceptors (Lipinski definition) is 3. The van der Waals surface area contributed by atoms with Gasteiger partial charge in [0.15, 0.2) is 0 Å². The van der Waals surface area contributed by atoms with Crippen LogP contribution in [0.4, 0.5) is 0 Å². The maximum atomic E-state index is 9.98. The first-order valence-electron chi connectivity index (χ1n) is 17.5. The molecule has 7 aromatic carbocycles. The number of nitrogens with zero attached hydrogens (tertiary/aromatic N) is 4. The third-order valence-electron chi connectivity index (χ3n) is 11.4. The van der Waals surface area contributed by atoms with E-state index in [1.165, 1.54) is 47.8 Å². The second kappa shape index (κ2) is 10.2. The summed E-state index contributed by atoms with van der Waals surface area (Å²) in [6, 6.07) is 52.2. The number of rotatable bonds is 2. The van der Waals surface area contributed by atoms with Crippen molar-refractivity contribution in [3.8, 4) is 34.6 Å². The molecular weight excluding hydrogens is 653 g/mol. The molecule has 10 aromatic rings. The average molecular weight is 681 g/mol. The SMILES string of the molecule is CC1(C)c2ccccc2-c2c1ccc1c2c2cc(C#N)ccc2n1-c1ccc2sc3ccc(-n4c5ccccc5c5cc(C#N)ccc54)cc3c2c1. The van der Waals surface area contributed by atoms with Crippen molar-refractivity contribution in [3.63, 3.8) is 0 Å². The third kappa shape index (κ3) is 3.73. The van der Waals surface area contributed by atoms with Crippen LogP contribution in [0, 0.1) is 22.7 Å². The Hall–Kier alpha value is -6.66. The molecule has 1 aliphatic rings. The first kappa shape index (κ1) is 29.1. The monoisotopic (exact) mass is 680 g/mol. The summed E-state index contributed by atoms with van der Waals surface area (Å²) in [5.74, 6) is 0. The van der Waals surface area contributed by atoms with Gasteiger partial charge >= 0.3 is 0 Å². The van der Waals surface area contributed by atoms with Crippen molar-refractivity contribution in [2.45, 2.75) is 19.3 Å². The summed E-state index contributed by atoms with van der Waals surface area (Å²) in [4.78, 5) is 0. The van der Waals surface area contributed by atoms with Gasteiger partial charge in [-0.15, -0.1) is 11.3 Å². The minimum Gasteiger partial charge on any atom is -0.309 e. The minimum absolute atomic E-state index is 0.123. The molecule has 0 aliphatic heterocycles. The first-order chi connectivity index (χ1) is 25.4. The quantitative estimate of drug-likeness (QED) is 0.182. The number of fused-ring (bicyclic) bond motifs is 13. The van der Waals surface area contributed by atoms with E-state index >= 15 is 0 Å². The summed E-state index contributed by atoms with van der Waals surface area (Å²) in [5.41, 5.74) is 13.0. The molecule has 5 heteroatoms. The molecule has 3 heterocycles. The van der Waals surface area contributed by atoms with Crippen molar-refractivity contribution in [2.24, 2.45) is 0 Å². The van der Waals surface area contributed by atoms with E-state index in [0.29, 0.717) is 11.1 Å². The van der Waals surface area contributed by atoms with E-state index in [4.69, 9.17) is 0 Å². The third-order valence-corrected chi connectivity index (χ3v) is 12.5. The van der Waals surface area contributed by atoms with Gasteiger partial charge in [-0.25, -0.2) is 0 Å². The fourth-order valence-electron chi connectivity index (χ4n) is 9.00. The van der Waals surface area contributed by atoms with Crippen LogP contribution < -0.4 is 0 Å². The Bertz CT molecular complexity index is 3300. The van der Waals surface area contributed by atoms with Crippen molar-refractivity contribution in [1.29, 1.82) is 10.5 Å². The highest BCUT2D eigenvalue weighted by Gasteiger charge is 2.37. The van der Waals surface area contributed by atoms with Gasteiger partial charge in [0.05, 0.1) is 45.3 Å². The van der Waals surface area contributed by atoms with Gasteiger partial charge in [0.25, 0.3) is 0 Å². The number of benzene rings is 7. The molecule has 0 saturated heterocycles. The number of hydrogen-bond donors (Lipinski definition) is 0. The largest absolute Gasteiger partial charge is 0.309 e. The van der Waals surface area contributed by atoms with E-state index in [-0.39, 0.29) is 5.41 Å². The Balaban J connectivity index is 1.18. The molecule has 0 radical (unpaired) electrons. The average Bonchev–Trinajstić information content (AvgIpc) is 3.89. The van der Waals surface area contributed by atoms with Crippen LogP contribution in [0.1, 0.15) is 36.1 Å². The molecule has 1 aliphatic carbocycles. The van der Waals surface area contributed by atoms with Gasteiger partial charge in [0, 0.05) is 58.5 Å². The normalized spacial score (nSPS) is 13.3. The van der Waals surface area contributed by atoms with Crippen LogP contribution in [0.3, 0.4) is 0 Å². The minimum atomic E-state index is -0.123. The van der Waals surface area contributed by atoms with Gasteiger partial charge in [-0.05, 0) is 107 Å². The number of nitriles is 2. The zero-order chi connectivity index (χ0) is 34.9. The summed E-state index contributed by atoms with van der Waals surface area (Å²) >= 11 is 1.82. The first-order valence-corrected chi connectivity index (χ1v) is 18.3. The zero-order valence-corrected chi connectivity index (χ0v) is 29.2. The summed E-state index contributed by atoms with van der Waals surface area (Å²) < 4.78 is 7.17. The highest BCUT2D eigenvalue weighted by atomic mass is 32.1. The number of aromatic nitrogens is 2. The summed E-state index contributed by atoms with van der Waals surface area (Å²) in [7, 11) is 0. The predicted molar refractivity (Wildman–Crippen MR) is 215 cm³/mol. The standard InChI is InChI=1S/C47H28N4S/c1-47(2)37-9-5-3-8-32(37)45-38(47)15-18-42-46(45)36-22-28(26-49)12-17-41(36)51(42)30-14-20-44-35(24-30)34-23-29(13-19-43(34)52-44)50-39-10-6-4-7-31(39)33-21-27(25-48)11-16-40(33)50/h3-24H,1-2H3.